The zero-order valence-electron chi connectivity index (χ0n) is 20.8. The third-order valence-corrected chi connectivity index (χ3v) is 6.71. The summed E-state index contributed by atoms with van der Waals surface area (Å²) < 4.78 is 8.84. The third kappa shape index (κ3) is 3.89. The Labute approximate surface area is 217 Å². The fourth-order valence-electron chi connectivity index (χ4n) is 4.74. The molecule has 0 aliphatic heterocycles. The van der Waals surface area contributed by atoms with Gasteiger partial charge in [-0.15, -0.1) is 0 Å². The smallest absolute Gasteiger partial charge is 0.277 e. The molecule has 0 aliphatic carbocycles. The van der Waals surface area contributed by atoms with E-state index in [4.69, 9.17) is 11.0 Å². The largest absolute Gasteiger partial charge is 0.441 e. The summed E-state index contributed by atoms with van der Waals surface area (Å²) in [6.45, 7) is 9.24. The zero-order valence-corrected chi connectivity index (χ0v) is 20.8. The van der Waals surface area contributed by atoms with E-state index in [1.165, 1.54) is 9.58 Å². The highest BCUT2D eigenvalue weighted by molar-refractivity contribution is 6.07. The molecule has 0 saturated carbocycles. The molecular formula is C29H22N6O3. The highest BCUT2D eigenvalue weighted by Gasteiger charge is 2.19. The molecule has 6 rings (SSSR count). The Kier molecular flexibility index (Phi) is 5.50. The first-order valence-electron chi connectivity index (χ1n) is 12.0. The SMILES string of the molecule is [C-]#[N+]c1ccc(Cn2c3ccccc3c3c(=O)n(CC(=O)N(C)c4ccc5nc(C)oc5c4)ncc32)cc1. The molecule has 0 saturated heterocycles. The molecule has 0 aliphatic rings. The van der Waals surface area contributed by atoms with E-state index in [0.29, 0.717) is 45.8 Å². The van der Waals surface area contributed by atoms with E-state index in [-0.39, 0.29) is 18.0 Å². The van der Waals surface area contributed by atoms with Crippen molar-refractivity contribution < 1.29 is 9.21 Å². The number of aryl methyl sites for hydroxylation is 1. The van der Waals surface area contributed by atoms with E-state index in [2.05, 4.69) is 14.9 Å². The second kappa shape index (κ2) is 9.01. The van der Waals surface area contributed by atoms with Crippen LogP contribution >= 0.6 is 0 Å². The van der Waals surface area contributed by atoms with E-state index >= 15 is 0 Å². The number of fused-ring (bicyclic) bond motifs is 4. The molecule has 0 bridgehead atoms. The van der Waals surface area contributed by atoms with Crippen LogP contribution in [0.3, 0.4) is 0 Å². The van der Waals surface area contributed by atoms with Crippen molar-refractivity contribution in [3.05, 3.63) is 106 Å². The number of oxazole rings is 1. The van der Waals surface area contributed by atoms with Gasteiger partial charge in [-0.2, -0.15) is 5.10 Å². The number of hydrogen-bond donors (Lipinski definition) is 0. The van der Waals surface area contributed by atoms with Gasteiger partial charge >= 0.3 is 0 Å². The number of para-hydroxylation sites is 1. The van der Waals surface area contributed by atoms with Gasteiger partial charge in [0.1, 0.15) is 12.1 Å². The van der Waals surface area contributed by atoms with Gasteiger partial charge in [-0.3, -0.25) is 9.59 Å². The zero-order chi connectivity index (χ0) is 26.4. The molecule has 6 aromatic rings. The molecule has 9 heteroatoms. The van der Waals surface area contributed by atoms with E-state index in [1.54, 1.807) is 50.5 Å². The predicted octanol–water partition coefficient (Wildman–Crippen LogP) is 5.06. The Morgan fingerprint density at radius 2 is 1.87 bits per heavy atom. The lowest BCUT2D eigenvalue weighted by atomic mass is 10.2. The molecule has 0 spiro atoms. The Balaban J connectivity index is 1.36. The van der Waals surface area contributed by atoms with Crippen LogP contribution in [0, 0.1) is 13.5 Å². The van der Waals surface area contributed by atoms with Crippen molar-refractivity contribution in [1.29, 1.82) is 0 Å². The second-order valence-electron chi connectivity index (χ2n) is 9.09. The van der Waals surface area contributed by atoms with Crippen LogP contribution in [0.25, 0.3) is 37.8 Å². The molecule has 3 aromatic carbocycles. The number of carbonyl (C=O) groups excluding carboxylic acids is 1. The predicted molar refractivity (Wildman–Crippen MR) is 145 cm³/mol. The highest BCUT2D eigenvalue weighted by Crippen LogP contribution is 2.27. The number of nitrogens with zero attached hydrogens (tertiary/aromatic N) is 6. The van der Waals surface area contributed by atoms with Gasteiger partial charge in [0.2, 0.25) is 5.91 Å². The molecule has 0 fully saturated rings. The number of rotatable bonds is 5. The first-order valence-corrected chi connectivity index (χ1v) is 12.0. The van der Waals surface area contributed by atoms with Crippen molar-refractivity contribution in [2.75, 3.05) is 11.9 Å². The molecule has 38 heavy (non-hydrogen) atoms. The van der Waals surface area contributed by atoms with Crippen LogP contribution in [0.2, 0.25) is 0 Å². The second-order valence-corrected chi connectivity index (χ2v) is 9.09. The Morgan fingerprint density at radius 1 is 1.08 bits per heavy atom. The molecule has 9 nitrogen and oxygen atoms in total. The maximum absolute atomic E-state index is 13.6. The van der Waals surface area contributed by atoms with Gasteiger partial charge in [0.15, 0.2) is 17.2 Å². The number of likely N-dealkylation sites (N-methyl/N-ethyl adjacent to an activating group) is 1. The van der Waals surface area contributed by atoms with Gasteiger partial charge in [-0.05, 0) is 23.8 Å². The van der Waals surface area contributed by atoms with Gasteiger partial charge in [0, 0.05) is 43.2 Å². The topological polar surface area (TPSA) is 90.5 Å². The Morgan fingerprint density at radius 3 is 2.66 bits per heavy atom. The summed E-state index contributed by atoms with van der Waals surface area (Å²) in [5.41, 5.74) is 4.77. The summed E-state index contributed by atoms with van der Waals surface area (Å²) in [6, 6.07) is 20.4. The Hall–Kier alpha value is -5.23. The molecule has 3 heterocycles. The number of hydrogen-bond acceptors (Lipinski definition) is 5. The third-order valence-electron chi connectivity index (χ3n) is 6.71. The molecule has 0 atom stereocenters. The van der Waals surface area contributed by atoms with Crippen LogP contribution in [0.15, 0.2) is 82.1 Å². The monoisotopic (exact) mass is 502 g/mol. The summed E-state index contributed by atoms with van der Waals surface area (Å²) in [6.07, 6.45) is 1.64. The average molecular weight is 503 g/mol. The van der Waals surface area contributed by atoms with Crippen molar-refractivity contribution in [2.24, 2.45) is 0 Å². The lowest BCUT2D eigenvalue weighted by Crippen LogP contribution is -2.35. The minimum Gasteiger partial charge on any atom is -0.441 e. The van der Waals surface area contributed by atoms with Crippen molar-refractivity contribution in [1.82, 2.24) is 19.3 Å². The fraction of sp³-hybridized carbons (Fsp3) is 0.138. The van der Waals surface area contributed by atoms with Crippen molar-refractivity contribution in [2.45, 2.75) is 20.0 Å². The van der Waals surface area contributed by atoms with Crippen LogP contribution in [0.5, 0.6) is 0 Å². The van der Waals surface area contributed by atoms with Gasteiger partial charge < -0.3 is 13.9 Å². The number of anilines is 1. The molecular weight excluding hydrogens is 480 g/mol. The van der Waals surface area contributed by atoms with E-state index in [1.807, 2.05) is 41.0 Å². The standard InChI is InChI=1S/C29H22N6O3/c1-18-32-23-13-12-21(14-26(23)38-18)33(3)27(36)17-35-29(37)28-22-6-4-5-7-24(22)34(25(28)15-31-35)16-19-8-10-20(30-2)11-9-19/h4-15H,16-17H2,1,3H3. The molecule has 3 aromatic heterocycles. The maximum atomic E-state index is 13.6. The molecule has 0 N–H and O–H groups in total. The van der Waals surface area contributed by atoms with E-state index < -0.39 is 0 Å². The summed E-state index contributed by atoms with van der Waals surface area (Å²) in [5, 5.41) is 5.68. The van der Waals surface area contributed by atoms with Crippen LogP contribution in [-0.2, 0) is 17.9 Å². The highest BCUT2D eigenvalue weighted by atomic mass is 16.3. The number of benzene rings is 3. The average Bonchev–Trinajstić information content (AvgIpc) is 3.46. The first-order chi connectivity index (χ1) is 18.4. The molecule has 186 valence electrons. The normalized spacial score (nSPS) is 11.3. The molecule has 0 radical (unpaired) electrons. The minimum atomic E-state index is -0.330. The van der Waals surface area contributed by atoms with Gasteiger partial charge in [0.25, 0.3) is 5.56 Å². The summed E-state index contributed by atoms with van der Waals surface area (Å²) in [4.78, 5) is 36.0. The molecule has 1 amide bonds. The van der Waals surface area contributed by atoms with Crippen molar-refractivity contribution >= 4 is 50.2 Å². The van der Waals surface area contributed by atoms with Crippen LogP contribution in [-0.4, -0.2) is 32.3 Å². The lowest BCUT2D eigenvalue weighted by Gasteiger charge is -2.17. The van der Waals surface area contributed by atoms with Crippen LogP contribution in [0.1, 0.15) is 11.5 Å². The summed E-state index contributed by atoms with van der Waals surface area (Å²) in [5.74, 6) is 0.257. The first kappa shape index (κ1) is 23.2. The van der Waals surface area contributed by atoms with Crippen LogP contribution < -0.4 is 10.5 Å². The van der Waals surface area contributed by atoms with E-state index in [9.17, 15) is 9.59 Å². The van der Waals surface area contributed by atoms with Gasteiger partial charge in [-0.25, -0.2) is 14.5 Å². The quantitative estimate of drug-likeness (QED) is 0.307. The number of aromatic nitrogens is 4. The fourth-order valence-corrected chi connectivity index (χ4v) is 4.74. The van der Waals surface area contributed by atoms with Gasteiger partial charge in [-0.1, -0.05) is 42.5 Å². The van der Waals surface area contributed by atoms with Crippen LogP contribution in [0.4, 0.5) is 11.4 Å². The summed E-state index contributed by atoms with van der Waals surface area (Å²) >= 11 is 0. The number of amides is 1. The number of carbonyl (C=O) groups is 1. The van der Waals surface area contributed by atoms with Crippen molar-refractivity contribution in [3.8, 4) is 0 Å². The lowest BCUT2D eigenvalue weighted by molar-refractivity contribution is -0.119. The Bertz CT molecular complexity index is 1960. The van der Waals surface area contributed by atoms with Gasteiger partial charge in [0.05, 0.1) is 23.7 Å². The minimum absolute atomic E-state index is 0.212. The molecule has 0 unspecified atom stereocenters. The van der Waals surface area contributed by atoms with E-state index in [0.717, 1.165) is 16.5 Å². The van der Waals surface area contributed by atoms with Crippen molar-refractivity contribution in [3.63, 3.8) is 0 Å². The maximum Gasteiger partial charge on any atom is 0.277 e. The summed E-state index contributed by atoms with van der Waals surface area (Å²) in [7, 11) is 1.65.